The molecule has 0 saturated carbocycles. The third-order valence-electron chi connectivity index (χ3n) is 0.510. The number of carboxylic acid groups (broad SMARTS) is 1. The zero-order chi connectivity index (χ0) is 6.78. The molecule has 0 spiro atoms. The van der Waals surface area contributed by atoms with Gasteiger partial charge in [-0.15, -0.1) is 9.93 Å². The maximum absolute atomic E-state index is 10.6. The summed E-state index contributed by atoms with van der Waals surface area (Å²) in [7, 11) is -2.38. The number of hydrogen-bond donors (Lipinski definition) is 1. The van der Waals surface area contributed by atoms with Crippen LogP contribution < -0.4 is 56.5 Å². The summed E-state index contributed by atoms with van der Waals surface area (Å²) in [5.41, 5.74) is 0. The van der Waals surface area contributed by atoms with Crippen molar-refractivity contribution in [2.24, 2.45) is 0 Å². The van der Waals surface area contributed by atoms with E-state index in [0.717, 1.165) is 0 Å². The summed E-state index contributed by atoms with van der Waals surface area (Å²) in [4.78, 5) is 9.73. The van der Waals surface area contributed by atoms with Crippen molar-refractivity contribution in [1.82, 2.24) is 0 Å². The van der Waals surface area contributed by atoms with Crippen LogP contribution in [0.4, 0.5) is 0 Å². The molecule has 0 aromatic rings. The van der Waals surface area contributed by atoms with Gasteiger partial charge in [0, 0.05) is 5.75 Å². The number of carboxylic acids is 1. The maximum Gasteiger partial charge on any atom is 1.00 e. The van der Waals surface area contributed by atoms with E-state index in [0.29, 0.717) is 0 Å². The van der Waals surface area contributed by atoms with Crippen molar-refractivity contribution in [3.8, 4) is 0 Å². The largest absolute Gasteiger partial charge is 1.00 e. The second kappa shape index (κ2) is 4.98. The molecule has 0 fully saturated rings. The van der Waals surface area contributed by atoms with Crippen LogP contribution in [0.5, 0.6) is 0 Å². The standard InChI is InChI=1S/C4H10O3S.K/c1-8(2,7)3-4(5)6;/h8H,3H2,1-2H3,(H,5,6);/q;+1/p-1. The van der Waals surface area contributed by atoms with Gasteiger partial charge in [0.25, 0.3) is 0 Å². The number of carbonyl (C=O) groups is 1. The molecule has 0 rings (SSSR count). The Labute approximate surface area is 98.1 Å². The first-order valence-electron chi connectivity index (χ1n) is 2.16. The van der Waals surface area contributed by atoms with Crippen LogP contribution in [-0.4, -0.2) is 28.4 Å². The Kier molecular flexibility index (Phi) is 7.13. The second-order valence-electron chi connectivity index (χ2n) is 2.10. The zero-order valence-corrected chi connectivity index (χ0v) is 9.90. The van der Waals surface area contributed by atoms with Gasteiger partial charge in [0.2, 0.25) is 0 Å². The molecule has 0 aliphatic heterocycles. The van der Waals surface area contributed by atoms with Gasteiger partial charge in [-0.2, -0.15) is 0 Å². The van der Waals surface area contributed by atoms with Crippen LogP contribution in [0.15, 0.2) is 0 Å². The number of hydrogen-bond acceptors (Lipinski definition) is 3. The third-order valence-corrected chi connectivity index (χ3v) is 1.53. The molecule has 0 saturated heterocycles. The Balaban J connectivity index is 0. The molecule has 9 heavy (non-hydrogen) atoms. The molecule has 0 radical (unpaired) electrons. The molecule has 3 nitrogen and oxygen atoms in total. The molecule has 0 aromatic heterocycles. The Morgan fingerprint density at radius 2 is 1.89 bits per heavy atom. The number of rotatable bonds is 2. The van der Waals surface area contributed by atoms with E-state index in [-0.39, 0.29) is 57.1 Å². The molecular formula is C4H9KO3S. The minimum Gasteiger partial charge on any atom is -0.549 e. The van der Waals surface area contributed by atoms with Crippen LogP contribution in [0.1, 0.15) is 0 Å². The van der Waals surface area contributed by atoms with E-state index in [1.807, 2.05) is 0 Å². The smallest absolute Gasteiger partial charge is 0.549 e. The summed E-state index contributed by atoms with van der Waals surface area (Å²) in [5, 5.41) is 9.73. The molecule has 0 aliphatic carbocycles. The minimum atomic E-state index is -2.38. The number of thiol groups is 1. The Morgan fingerprint density at radius 3 is 1.89 bits per heavy atom. The number of carbonyl (C=O) groups excluding carboxylic acids is 1. The van der Waals surface area contributed by atoms with Crippen LogP contribution >= 0.6 is 0 Å². The molecule has 0 amide bonds. The summed E-state index contributed by atoms with van der Waals surface area (Å²) >= 11 is 0. The van der Waals surface area contributed by atoms with Gasteiger partial charge in [0.1, 0.15) is 0 Å². The van der Waals surface area contributed by atoms with E-state index in [4.69, 9.17) is 0 Å². The number of aliphatic carboxylic acids is 1. The van der Waals surface area contributed by atoms with Gasteiger partial charge in [0.15, 0.2) is 0 Å². The molecule has 0 atom stereocenters. The minimum absolute atomic E-state index is 0. The molecule has 0 aliphatic rings. The Bertz CT molecular complexity index is 139. The first-order chi connectivity index (χ1) is 3.42. The fourth-order valence-electron chi connectivity index (χ4n) is 0.311. The monoisotopic (exact) mass is 176 g/mol. The topological polar surface area (TPSA) is 57.2 Å². The quantitative estimate of drug-likeness (QED) is 0.339. The molecule has 0 N–H and O–H groups in total. The van der Waals surface area contributed by atoms with Crippen molar-refractivity contribution in [2.75, 3.05) is 18.3 Å². The summed E-state index contributed by atoms with van der Waals surface area (Å²) in [6.45, 7) is 0. The van der Waals surface area contributed by atoms with E-state index >= 15 is 0 Å². The van der Waals surface area contributed by atoms with E-state index in [2.05, 4.69) is 0 Å². The Morgan fingerprint density at radius 1 is 1.56 bits per heavy atom. The van der Waals surface area contributed by atoms with Crippen molar-refractivity contribution in [3.63, 3.8) is 0 Å². The van der Waals surface area contributed by atoms with Gasteiger partial charge in [-0.05, 0) is 12.5 Å². The van der Waals surface area contributed by atoms with E-state index < -0.39 is 15.9 Å². The van der Waals surface area contributed by atoms with Crippen molar-refractivity contribution < 1.29 is 65.5 Å². The molecule has 0 heterocycles. The molecule has 0 aromatic carbocycles. The van der Waals surface area contributed by atoms with Crippen LogP contribution in [0.3, 0.4) is 0 Å². The molecular weight excluding hydrogens is 167 g/mol. The van der Waals surface area contributed by atoms with Crippen molar-refractivity contribution in [1.29, 1.82) is 0 Å². The summed E-state index contributed by atoms with van der Waals surface area (Å²) in [6.07, 6.45) is 2.84. The molecule has 50 valence electrons. The first kappa shape index (κ1) is 12.9. The van der Waals surface area contributed by atoms with Crippen molar-refractivity contribution >= 4 is 15.9 Å². The van der Waals surface area contributed by atoms with Crippen LogP contribution in [0.25, 0.3) is 0 Å². The normalized spacial score (nSPS) is 11.8. The van der Waals surface area contributed by atoms with Gasteiger partial charge < -0.3 is 9.90 Å². The fraction of sp³-hybridized carbons (Fsp3) is 0.750. The SMILES string of the molecule is C[SH](C)(=O)CC(=O)[O-].[K+]. The average Bonchev–Trinajstić information content (AvgIpc) is 1.21. The van der Waals surface area contributed by atoms with Crippen molar-refractivity contribution in [3.05, 3.63) is 0 Å². The van der Waals surface area contributed by atoms with Crippen LogP contribution in [-0.2, 0) is 14.7 Å². The Hall–Kier alpha value is 1.26. The summed E-state index contributed by atoms with van der Waals surface area (Å²) in [6, 6.07) is 0. The van der Waals surface area contributed by atoms with E-state index in [9.17, 15) is 14.1 Å². The predicted molar refractivity (Wildman–Crippen MR) is 31.3 cm³/mol. The first-order valence-corrected chi connectivity index (χ1v) is 4.94. The van der Waals surface area contributed by atoms with Crippen LogP contribution in [0, 0.1) is 0 Å². The molecule has 5 heteroatoms. The van der Waals surface area contributed by atoms with Gasteiger partial charge in [-0.1, -0.05) is 0 Å². The summed E-state index contributed by atoms with van der Waals surface area (Å²) < 4.78 is 10.6. The predicted octanol–water partition coefficient (Wildman–Crippen LogP) is -4.98. The average molecular weight is 176 g/mol. The third kappa shape index (κ3) is 12.5. The molecule has 0 unspecified atom stereocenters. The van der Waals surface area contributed by atoms with Crippen molar-refractivity contribution in [2.45, 2.75) is 0 Å². The molecule has 0 bridgehead atoms. The van der Waals surface area contributed by atoms with Gasteiger partial charge >= 0.3 is 51.4 Å². The van der Waals surface area contributed by atoms with Gasteiger partial charge in [-0.3, -0.25) is 4.21 Å². The zero-order valence-electron chi connectivity index (χ0n) is 5.88. The van der Waals surface area contributed by atoms with Gasteiger partial charge in [0.05, 0.1) is 5.97 Å². The maximum atomic E-state index is 10.6. The van der Waals surface area contributed by atoms with Gasteiger partial charge in [-0.25, -0.2) is 0 Å². The second-order valence-corrected chi connectivity index (χ2v) is 5.57. The van der Waals surface area contributed by atoms with Crippen LogP contribution in [0.2, 0.25) is 0 Å². The fourth-order valence-corrected chi connectivity index (χ4v) is 0.933. The van der Waals surface area contributed by atoms with E-state index in [1.54, 1.807) is 0 Å². The van der Waals surface area contributed by atoms with E-state index in [1.165, 1.54) is 12.5 Å². The summed E-state index contributed by atoms with van der Waals surface area (Å²) in [5.74, 6) is -1.55.